The van der Waals surface area contributed by atoms with Crippen molar-refractivity contribution in [2.75, 3.05) is 0 Å². The second-order valence-corrected chi connectivity index (χ2v) is 5.77. The van der Waals surface area contributed by atoms with E-state index in [1.54, 1.807) is 41.4 Å². The van der Waals surface area contributed by atoms with E-state index in [4.69, 9.17) is 0 Å². The molecule has 24 heavy (non-hydrogen) atoms. The van der Waals surface area contributed by atoms with Crippen molar-refractivity contribution in [1.29, 1.82) is 0 Å². The number of hydrogen-bond donors (Lipinski definition) is 1. The van der Waals surface area contributed by atoms with E-state index < -0.39 is 0 Å². The summed E-state index contributed by atoms with van der Waals surface area (Å²) in [4.78, 5) is 23.9. The maximum absolute atomic E-state index is 13.6. The quantitative estimate of drug-likeness (QED) is 0.795. The third-order valence-electron chi connectivity index (χ3n) is 4.13. The van der Waals surface area contributed by atoms with Crippen LogP contribution in [0.3, 0.4) is 0 Å². The van der Waals surface area contributed by atoms with Crippen molar-refractivity contribution in [3.8, 4) is 0 Å². The van der Waals surface area contributed by atoms with Crippen molar-refractivity contribution >= 4 is 16.9 Å². The number of nitrogens with one attached hydrogen (secondary N) is 1. The Bertz CT molecular complexity index is 972. The molecule has 0 radical (unpaired) electrons. The van der Waals surface area contributed by atoms with Crippen LogP contribution >= 0.6 is 0 Å². The molecule has 0 bridgehead atoms. The molecule has 1 N–H and O–H groups in total. The Hall–Kier alpha value is -2.89. The van der Waals surface area contributed by atoms with Crippen molar-refractivity contribution in [1.82, 2.24) is 14.5 Å². The van der Waals surface area contributed by atoms with Gasteiger partial charge in [0.05, 0.1) is 17.5 Å². The summed E-state index contributed by atoms with van der Waals surface area (Å²) >= 11 is 0. The van der Waals surface area contributed by atoms with Gasteiger partial charge in [0.1, 0.15) is 5.82 Å². The minimum atomic E-state index is -0.381. The van der Waals surface area contributed by atoms with Gasteiger partial charge in [-0.2, -0.15) is 0 Å². The van der Waals surface area contributed by atoms with Gasteiger partial charge in [-0.1, -0.05) is 24.3 Å². The number of nitrogens with zero attached hydrogens (tertiary/aromatic N) is 2. The third kappa shape index (κ3) is 2.95. The Labute approximate surface area is 138 Å². The van der Waals surface area contributed by atoms with Crippen molar-refractivity contribution in [2.45, 2.75) is 13.0 Å². The molecular formula is C18H18FN3O2. The van der Waals surface area contributed by atoms with E-state index >= 15 is 0 Å². The molecule has 1 heterocycles. The molecule has 0 fully saturated rings. The van der Waals surface area contributed by atoms with Gasteiger partial charge in [-0.05, 0) is 29.3 Å². The average molecular weight is 327 g/mol. The smallest absolute Gasteiger partial charge is 0.328 e. The Morgan fingerprint density at radius 2 is 1.79 bits per heavy atom. The predicted octanol–water partition coefficient (Wildman–Crippen LogP) is 1.87. The van der Waals surface area contributed by atoms with Crippen molar-refractivity contribution in [3.63, 3.8) is 0 Å². The van der Waals surface area contributed by atoms with Crippen LogP contribution in [0.15, 0.2) is 47.3 Å². The monoisotopic (exact) mass is 327 g/mol. The van der Waals surface area contributed by atoms with Crippen LogP contribution in [0.4, 0.5) is 4.39 Å². The van der Waals surface area contributed by atoms with E-state index in [1.807, 2.05) is 18.2 Å². The molecule has 1 amide bonds. The number of amides is 1. The molecule has 0 aliphatic heterocycles. The molecule has 3 aromatic rings. The van der Waals surface area contributed by atoms with E-state index in [-0.39, 0.29) is 23.8 Å². The number of hydrogen-bond acceptors (Lipinski definition) is 2. The van der Waals surface area contributed by atoms with E-state index in [9.17, 15) is 14.0 Å². The zero-order valence-electron chi connectivity index (χ0n) is 13.5. The zero-order valence-corrected chi connectivity index (χ0v) is 13.5. The van der Waals surface area contributed by atoms with Crippen LogP contribution in [0.2, 0.25) is 0 Å². The summed E-state index contributed by atoms with van der Waals surface area (Å²) < 4.78 is 16.7. The summed E-state index contributed by atoms with van der Waals surface area (Å²) in [5.74, 6) is -0.629. The summed E-state index contributed by atoms with van der Waals surface area (Å²) in [7, 11) is 3.44. The molecule has 0 saturated carbocycles. The predicted molar refractivity (Wildman–Crippen MR) is 90.1 cm³/mol. The highest BCUT2D eigenvalue weighted by Gasteiger charge is 2.10. The van der Waals surface area contributed by atoms with Crippen LogP contribution in [-0.4, -0.2) is 15.0 Å². The lowest BCUT2D eigenvalue weighted by Crippen LogP contribution is -2.24. The second-order valence-electron chi connectivity index (χ2n) is 5.77. The van der Waals surface area contributed by atoms with Crippen LogP contribution < -0.4 is 11.0 Å². The van der Waals surface area contributed by atoms with E-state index in [0.717, 1.165) is 16.6 Å². The number of aryl methyl sites for hydroxylation is 2. The SMILES string of the molecule is Cn1c(=O)n(C)c2cc(CNC(=O)Cc3ccccc3F)ccc21. The Kier molecular flexibility index (Phi) is 4.20. The number of benzene rings is 2. The number of fused-ring (bicyclic) bond motifs is 1. The van der Waals surface area contributed by atoms with Crippen molar-refractivity contribution in [2.24, 2.45) is 14.1 Å². The second kappa shape index (κ2) is 6.31. The summed E-state index contributed by atoms with van der Waals surface area (Å²) in [5.41, 5.74) is 2.81. The van der Waals surface area contributed by atoms with Gasteiger partial charge in [0.2, 0.25) is 5.91 Å². The maximum Gasteiger partial charge on any atom is 0.328 e. The Balaban J connectivity index is 1.72. The number of carbonyl (C=O) groups excluding carboxylic acids is 1. The topological polar surface area (TPSA) is 56.0 Å². The first kappa shape index (κ1) is 16.0. The van der Waals surface area contributed by atoms with Gasteiger partial charge in [0, 0.05) is 20.6 Å². The zero-order chi connectivity index (χ0) is 17.3. The minimum Gasteiger partial charge on any atom is -0.352 e. The van der Waals surface area contributed by atoms with E-state index in [0.29, 0.717) is 12.1 Å². The summed E-state index contributed by atoms with van der Waals surface area (Å²) in [6.45, 7) is 0.326. The highest BCUT2D eigenvalue weighted by Crippen LogP contribution is 2.14. The fraction of sp³-hybridized carbons (Fsp3) is 0.222. The highest BCUT2D eigenvalue weighted by molar-refractivity contribution is 5.79. The molecule has 2 aromatic carbocycles. The van der Waals surface area contributed by atoms with Crippen LogP contribution in [0.25, 0.3) is 11.0 Å². The first-order chi connectivity index (χ1) is 11.5. The van der Waals surface area contributed by atoms with Gasteiger partial charge >= 0.3 is 5.69 Å². The van der Waals surface area contributed by atoms with Gasteiger partial charge in [0.25, 0.3) is 0 Å². The standard InChI is InChI=1S/C18H18FN3O2/c1-21-15-8-7-12(9-16(15)22(2)18(21)24)11-20-17(23)10-13-5-3-4-6-14(13)19/h3-9H,10-11H2,1-2H3,(H,20,23). The van der Waals surface area contributed by atoms with Gasteiger partial charge in [-0.15, -0.1) is 0 Å². The Morgan fingerprint density at radius 1 is 1.08 bits per heavy atom. The van der Waals surface area contributed by atoms with E-state index in [2.05, 4.69) is 5.32 Å². The van der Waals surface area contributed by atoms with Crippen LogP contribution in [0.1, 0.15) is 11.1 Å². The average Bonchev–Trinajstić information content (AvgIpc) is 2.79. The van der Waals surface area contributed by atoms with E-state index in [1.165, 1.54) is 6.07 Å². The molecule has 5 nitrogen and oxygen atoms in total. The van der Waals surface area contributed by atoms with Gasteiger partial charge in [-0.3, -0.25) is 13.9 Å². The first-order valence-corrected chi connectivity index (χ1v) is 7.62. The normalized spacial score (nSPS) is 11.0. The fourth-order valence-corrected chi connectivity index (χ4v) is 2.74. The molecule has 0 aliphatic carbocycles. The number of halogens is 1. The summed E-state index contributed by atoms with van der Waals surface area (Å²) in [6, 6.07) is 11.8. The minimum absolute atomic E-state index is 0.00125. The van der Waals surface area contributed by atoms with Gasteiger partial charge < -0.3 is 5.32 Å². The number of carbonyl (C=O) groups is 1. The van der Waals surface area contributed by atoms with Crippen molar-refractivity contribution < 1.29 is 9.18 Å². The summed E-state index contributed by atoms with van der Waals surface area (Å²) in [6.07, 6.45) is -0.00125. The largest absolute Gasteiger partial charge is 0.352 e. The lowest BCUT2D eigenvalue weighted by Gasteiger charge is -2.07. The molecule has 1 aromatic heterocycles. The first-order valence-electron chi connectivity index (χ1n) is 7.62. The maximum atomic E-state index is 13.6. The molecule has 0 aliphatic rings. The van der Waals surface area contributed by atoms with Gasteiger partial charge in [-0.25, -0.2) is 9.18 Å². The third-order valence-corrected chi connectivity index (χ3v) is 4.13. The Morgan fingerprint density at radius 3 is 2.54 bits per heavy atom. The number of aromatic nitrogens is 2. The molecule has 6 heteroatoms. The molecule has 3 rings (SSSR count). The van der Waals surface area contributed by atoms with Gasteiger partial charge in [0.15, 0.2) is 0 Å². The van der Waals surface area contributed by atoms with Crippen molar-refractivity contribution in [3.05, 3.63) is 69.9 Å². The molecule has 0 saturated heterocycles. The van der Waals surface area contributed by atoms with Crippen LogP contribution in [0.5, 0.6) is 0 Å². The highest BCUT2D eigenvalue weighted by atomic mass is 19.1. The van der Waals surface area contributed by atoms with Crippen LogP contribution in [0, 0.1) is 5.82 Å². The van der Waals surface area contributed by atoms with Crippen LogP contribution in [-0.2, 0) is 31.9 Å². The molecule has 0 spiro atoms. The lowest BCUT2D eigenvalue weighted by molar-refractivity contribution is -0.120. The summed E-state index contributed by atoms with van der Waals surface area (Å²) in [5, 5.41) is 2.78. The molecule has 0 unspecified atom stereocenters. The lowest BCUT2D eigenvalue weighted by atomic mass is 10.1. The molecule has 0 atom stereocenters. The number of imidazole rings is 1. The fourth-order valence-electron chi connectivity index (χ4n) is 2.74. The number of rotatable bonds is 4. The molecular weight excluding hydrogens is 309 g/mol. The molecule has 124 valence electrons.